The molecular weight excluding hydrogens is 402 g/mol. The monoisotopic (exact) mass is 437 g/mol. The highest BCUT2D eigenvalue weighted by Crippen LogP contribution is 2.26. The summed E-state index contributed by atoms with van der Waals surface area (Å²) >= 11 is 0. The number of para-hydroxylation sites is 1. The molecule has 0 radical (unpaired) electrons. The number of rotatable bonds is 8. The van der Waals surface area contributed by atoms with Crippen molar-refractivity contribution in [1.82, 2.24) is 15.1 Å². The molecule has 0 saturated heterocycles. The van der Waals surface area contributed by atoms with Gasteiger partial charge in [-0.25, -0.2) is 0 Å². The maximum atomic E-state index is 13.9. The Morgan fingerprint density at radius 3 is 2.50 bits per heavy atom. The second kappa shape index (κ2) is 11.1. The van der Waals surface area contributed by atoms with Gasteiger partial charge in [-0.05, 0) is 32.1 Å². The van der Waals surface area contributed by atoms with Gasteiger partial charge in [0.2, 0.25) is 11.8 Å². The minimum absolute atomic E-state index is 0.0716. The van der Waals surface area contributed by atoms with E-state index in [-0.39, 0.29) is 23.8 Å². The van der Waals surface area contributed by atoms with Gasteiger partial charge >= 0.3 is 0 Å². The Balaban J connectivity index is 1.91. The number of nitrogens with one attached hydrogen (secondary N) is 1. The summed E-state index contributed by atoms with van der Waals surface area (Å²) in [5, 5.41) is 3.05. The number of carbonyl (C=O) groups is 2. The fourth-order valence-corrected chi connectivity index (χ4v) is 3.94. The van der Waals surface area contributed by atoms with E-state index in [9.17, 15) is 9.59 Å². The van der Waals surface area contributed by atoms with E-state index in [0.717, 1.165) is 23.3 Å². The van der Waals surface area contributed by atoms with Crippen molar-refractivity contribution >= 4 is 11.8 Å². The van der Waals surface area contributed by atoms with E-state index in [2.05, 4.69) is 10.2 Å². The maximum absolute atomic E-state index is 13.9. The highest BCUT2D eigenvalue weighted by atomic mass is 16.5. The molecule has 3 atom stereocenters. The second-order valence-corrected chi connectivity index (χ2v) is 8.86. The molecule has 0 spiro atoms. The number of amides is 2. The van der Waals surface area contributed by atoms with Crippen LogP contribution >= 0.6 is 0 Å². The summed E-state index contributed by atoms with van der Waals surface area (Å²) in [5.41, 5.74) is 2.00. The Labute approximate surface area is 191 Å². The molecule has 2 aromatic carbocycles. The van der Waals surface area contributed by atoms with Gasteiger partial charge in [0.05, 0.1) is 6.04 Å². The van der Waals surface area contributed by atoms with E-state index >= 15 is 0 Å². The Kier molecular flexibility index (Phi) is 8.28. The number of hydrogen-bond acceptors (Lipinski definition) is 4. The van der Waals surface area contributed by atoms with Gasteiger partial charge in [0, 0.05) is 31.0 Å². The average molecular weight is 438 g/mol. The lowest BCUT2D eigenvalue weighted by molar-refractivity contribution is -0.140. The number of fused-ring (bicyclic) bond motifs is 1. The molecule has 1 aliphatic rings. The third-order valence-electron chi connectivity index (χ3n) is 6.00. The summed E-state index contributed by atoms with van der Waals surface area (Å²) in [6.07, 6.45) is 1.18. The number of likely N-dealkylation sites (N-methyl/N-ethyl adjacent to an activating group) is 1. The summed E-state index contributed by atoms with van der Waals surface area (Å²) in [5.74, 6) is 0.511. The van der Waals surface area contributed by atoms with Crippen molar-refractivity contribution in [3.63, 3.8) is 0 Å². The van der Waals surface area contributed by atoms with Crippen molar-refractivity contribution in [3.8, 4) is 5.75 Å². The molecule has 1 aliphatic heterocycles. The first-order valence-electron chi connectivity index (χ1n) is 11.4. The van der Waals surface area contributed by atoms with E-state index in [1.165, 1.54) is 0 Å². The Hall–Kier alpha value is -2.86. The molecule has 32 heavy (non-hydrogen) atoms. The van der Waals surface area contributed by atoms with Crippen LogP contribution in [0.15, 0.2) is 54.6 Å². The molecule has 0 fully saturated rings. The van der Waals surface area contributed by atoms with Gasteiger partial charge in [-0.15, -0.1) is 0 Å². The second-order valence-electron chi connectivity index (χ2n) is 8.86. The molecule has 0 saturated carbocycles. The van der Waals surface area contributed by atoms with E-state index in [1.807, 2.05) is 87.4 Å². The van der Waals surface area contributed by atoms with Gasteiger partial charge in [0.25, 0.3) is 0 Å². The van der Waals surface area contributed by atoms with Crippen LogP contribution in [0.1, 0.15) is 31.4 Å². The van der Waals surface area contributed by atoms with Crippen LogP contribution in [0.3, 0.4) is 0 Å². The van der Waals surface area contributed by atoms with E-state index < -0.39 is 6.04 Å². The van der Waals surface area contributed by atoms with Gasteiger partial charge in [-0.2, -0.15) is 0 Å². The van der Waals surface area contributed by atoms with Crippen molar-refractivity contribution < 1.29 is 14.3 Å². The molecule has 3 rings (SSSR count). The standard InChI is InChI=1S/C26H35N3O3/c1-5-19(2)25(30)27-23(15-20-11-7-6-8-12-20)26(31)29-16-21-13-9-10-14-24(21)32-18-22(29)17-28(3)4/h6-14,19,22-23H,5,15-18H2,1-4H3,(H,27,30)/t19-,22+,23+/m1/s1. The largest absolute Gasteiger partial charge is 0.491 e. The van der Waals surface area contributed by atoms with Crippen molar-refractivity contribution in [2.24, 2.45) is 5.92 Å². The number of carbonyl (C=O) groups excluding carboxylic acids is 2. The third kappa shape index (κ3) is 6.10. The molecule has 2 amide bonds. The van der Waals surface area contributed by atoms with Crippen molar-refractivity contribution in [2.75, 3.05) is 27.2 Å². The SMILES string of the molecule is CC[C@@H](C)C(=O)N[C@@H](Cc1ccccc1)C(=O)N1Cc2ccccc2OC[C@@H]1CN(C)C. The predicted octanol–water partition coefficient (Wildman–Crippen LogP) is 3.11. The van der Waals surface area contributed by atoms with Gasteiger partial charge < -0.3 is 19.9 Å². The summed E-state index contributed by atoms with van der Waals surface area (Å²) < 4.78 is 6.07. The summed E-state index contributed by atoms with van der Waals surface area (Å²) in [4.78, 5) is 30.7. The normalized spacial score (nSPS) is 17.7. The first-order chi connectivity index (χ1) is 15.4. The number of benzene rings is 2. The zero-order valence-electron chi connectivity index (χ0n) is 19.6. The van der Waals surface area contributed by atoms with Crippen LogP contribution in [-0.2, 0) is 22.6 Å². The minimum Gasteiger partial charge on any atom is -0.491 e. The van der Waals surface area contributed by atoms with E-state index in [4.69, 9.17) is 4.74 Å². The van der Waals surface area contributed by atoms with Crippen LogP contribution in [0.2, 0.25) is 0 Å². The predicted molar refractivity (Wildman–Crippen MR) is 126 cm³/mol. The summed E-state index contributed by atoms with van der Waals surface area (Å²) in [6.45, 7) is 5.42. The summed E-state index contributed by atoms with van der Waals surface area (Å²) in [6, 6.07) is 17.0. The molecule has 1 heterocycles. The number of hydrogen-bond donors (Lipinski definition) is 1. The zero-order chi connectivity index (χ0) is 23.1. The highest BCUT2D eigenvalue weighted by molar-refractivity contribution is 5.89. The van der Waals surface area contributed by atoms with Crippen molar-refractivity contribution in [2.45, 2.75) is 45.3 Å². The van der Waals surface area contributed by atoms with Crippen molar-refractivity contribution in [1.29, 1.82) is 0 Å². The van der Waals surface area contributed by atoms with Crippen molar-refractivity contribution in [3.05, 3.63) is 65.7 Å². The lowest BCUT2D eigenvalue weighted by Gasteiger charge is -2.34. The molecule has 0 aromatic heterocycles. The van der Waals surface area contributed by atoms with Gasteiger partial charge in [0.1, 0.15) is 18.4 Å². The lowest BCUT2D eigenvalue weighted by Crippen LogP contribution is -2.55. The highest BCUT2D eigenvalue weighted by Gasteiger charge is 2.34. The number of nitrogens with zero attached hydrogens (tertiary/aromatic N) is 2. The lowest BCUT2D eigenvalue weighted by atomic mass is 10.0. The fraction of sp³-hybridized carbons (Fsp3) is 0.462. The van der Waals surface area contributed by atoms with Crippen LogP contribution in [0.25, 0.3) is 0 Å². The molecule has 2 aromatic rings. The van der Waals surface area contributed by atoms with Gasteiger partial charge in [-0.3, -0.25) is 9.59 Å². The maximum Gasteiger partial charge on any atom is 0.246 e. The molecule has 0 aliphatic carbocycles. The molecule has 1 N–H and O–H groups in total. The Morgan fingerprint density at radius 1 is 1.12 bits per heavy atom. The molecule has 172 valence electrons. The van der Waals surface area contributed by atoms with Crippen LogP contribution in [0.4, 0.5) is 0 Å². The Morgan fingerprint density at radius 2 is 1.81 bits per heavy atom. The van der Waals surface area contributed by atoms with Gasteiger partial charge in [0.15, 0.2) is 0 Å². The third-order valence-corrected chi connectivity index (χ3v) is 6.00. The van der Waals surface area contributed by atoms with Crippen LogP contribution in [0, 0.1) is 5.92 Å². The topological polar surface area (TPSA) is 61.9 Å². The summed E-state index contributed by atoms with van der Waals surface area (Å²) in [7, 11) is 3.99. The quantitative estimate of drug-likeness (QED) is 0.689. The molecule has 6 heteroatoms. The molecule has 0 unspecified atom stereocenters. The van der Waals surface area contributed by atoms with E-state index in [1.54, 1.807) is 0 Å². The van der Waals surface area contributed by atoms with Crippen LogP contribution < -0.4 is 10.1 Å². The Bertz CT molecular complexity index is 900. The molecule has 0 bridgehead atoms. The zero-order valence-corrected chi connectivity index (χ0v) is 19.6. The average Bonchev–Trinajstić information content (AvgIpc) is 2.97. The van der Waals surface area contributed by atoms with Crippen LogP contribution in [0.5, 0.6) is 5.75 Å². The first kappa shape index (κ1) is 23.8. The van der Waals surface area contributed by atoms with Crippen LogP contribution in [-0.4, -0.2) is 60.9 Å². The number of ether oxygens (including phenoxy) is 1. The van der Waals surface area contributed by atoms with E-state index in [0.29, 0.717) is 26.1 Å². The fourth-order valence-electron chi connectivity index (χ4n) is 3.94. The molecule has 6 nitrogen and oxygen atoms in total. The minimum atomic E-state index is -0.631. The van der Waals surface area contributed by atoms with Gasteiger partial charge in [-0.1, -0.05) is 62.4 Å². The molecular formula is C26H35N3O3. The smallest absolute Gasteiger partial charge is 0.246 e. The first-order valence-corrected chi connectivity index (χ1v) is 11.4.